The van der Waals surface area contributed by atoms with Crippen molar-refractivity contribution in [1.29, 1.82) is 0 Å². The van der Waals surface area contributed by atoms with Crippen molar-refractivity contribution in [3.8, 4) is 0 Å². The van der Waals surface area contributed by atoms with Gasteiger partial charge >= 0.3 is 0 Å². The fourth-order valence-corrected chi connectivity index (χ4v) is 8.98. The van der Waals surface area contributed by atoms with E-state index >= 15 is 0 Å². The highest BCUT2D eigenvalue weighted by molar-refractivity contribution is 5.19. The van der Waals surface area contributed by atoms with Crippen LogP contribution in [0.15, 0.2) is 0 Å². The van der Waals surface area contributed by atoms with Crippen LogP contribution in [0.3, 0.4) is 0 Å². The standard InChI is InChI=1S/C18H26/c1-4-14-5-10(1)8-18(14)9-13-7-15(18)17-12-3-2-11(6-12)16(13)17/h10-17H,1-9H2. The van der Waals surface area contributed by atoms with Crippen LogP contribution in [0.2, 0.25) is 0 Å². The normalized spacial score (nSPS) is 70.7. The number of fused-ring (bicyclic) bond motifs is 13. The summed E-state index contributed by atoms with van der Waals surface area (Å²) < 4.78 is 0. The third-order valence-electron chi connectivity index (χ3n) is 9.02. The Morgan fingerprint density at radius 3 is 2.33 bits per heavy atom. The number of hydrogen-bond donors (Lipinski definition) is 0. The largest absolute Gasteiger partial charge is 0.0501 e. The second kappa shape index (κ2) is 2.86. The molecule has 0 amide bonds. The van der Waals surface area contributed by atoms with E-state index in [-0.39, 0.29) is 0 Å². The summed E-state index contributed by atoms with van der Waals surface area (Å²) in [5.41, 5.74) is 0.916. The van der Waals surface area contributed by atoms with Crippen LogP contribution in [0.5, 0.6) is 0 Å². The van der Waals surface area contributed by atoms with Gasteiger partial charge in [-0.1, -0.05) is 6.42 Å². The van der Waals surface area contributed by atoms with Crippen LogP contribution in [0.25, 0.3) is 0 Å². The molecule has 9 unspecified atom stereocenters. The first-order chi connectivity index (χ1) is 8.85. The summed E-state index contributed by atoms with van der Waals surface area (Å²) in [5.74, 6) is 9.66. The summed E-state index contributed by atoms with van der Waals surface area (Å²) in [6.07, 6.45) is 14.8. The second-order valence-corrected chi connectivity index (χ2v) is 9.11. The van der Waals surface area contributed by atoms with Gasteiger partial charge in [0.15, 0.2) is 0 Å². The lowest BCUT2D eigenvalue weighted by atomic mass is 9.56. The lowest BCUT2D eigenvalue weighted by Crippen LogP contribution is -2.42. The van der Waals surface area contributed by atoms with Crippen molar-refractivity contribution in [1.82, 2.24) is 0 Å². The van der Waals surface area contributed by atoms with Crippen LogP contribution < -0.4 is 0 Å². The van der Waals surface area contributed by atoms with Crippen LogP contribution in [0.4, 0.5) is 0 Å². The van der Waals surface area contributed by atoms with Crippen LogP contribution in [-0.4, -0.2) is 0 Å². The van der Waals surface area contributed by atoms with Crippen molar-refractivity contribution in [3.63, 3.8) is 0 Å². The van der Waals surface area contributed by atoms with E-state index in [9.17, 15) is 0 Å². The highest BCUT2D eigenvalue weighted by Crippen LogP contribution is 2.77. The van der Waals surface area contributed by atoms with Crippen LogP contribution in [0, 0.1) is 52.8 Å². The third kappa shape index (κ3) is 0.879. The first kappa shape index (κ1) is 9.83. The minimum atomic E-state index is 0.916. The van der Waals surface area contributed by atoms with E-state index in [1.165, 1.54) is 47.3 Å². The van der Waals surface area contributed by atoms with Gasteiger partial charge in [-0.05, 0) is 104 Å². The molecule has 1 spiro atoms. The highest BCUT2D eigenvalue weighted by Gasteiger charge is 2.70. The van der Waals surface area contributed by atoms with Gasteiger partial charge in [-0.2, -0.15) is 0 Å². The molecule has 6 rings (SSSR count). The molecule has 0 aromatic rings. The fourth-order valence-electron chi connectivity index (χ4n) is 8.98. The minimum Gasteiger partial charge on any atom is -0.0501 e. The van der Waals surface area contributed by atoms with Gasteiger partial charge in [0.05, 0.1) is 0 Å². The van der Waals surface area contributed by atoms with Gasteiger partial charge < -0.3 is 0 Å². The Labute approximate surface area is 111 Å². The van der Waals surface area contributed by atoms with Crippen molar-refractivity contribution in [3.05, 3.63) is 0 Å². The molecule has 0 N–H and O–H groups in total. The molecule has 0 heteroatoms. The molecular formula is C18H26. The van der Waals surface area contributed by atoms with Gasteiger partial charge in [-0.15, -0.1) is 0 Å². The third-order valence-corrected chi connectivity index (χ3v) is 9.02. The first-order valence-corrected chi connectivity index (χ1v) is 8.85. The number of rotatable bonds is 0. The fraction of sp³-hybridized carbons (Fsp3) is 1.00. The van der Waals surface area contributed by atoms with E-state index in [1.807, 2.05) is 0 Å². The summed E-state index contributed by atoms with van der Waals surface area (Å²) in [6, 6.07) is 0. The van der Waals surface area contributed by atoms with Crippen LogP contribution >= 0.6 is 0 Å². The molecule has 0 radical (unpaired) electrons. The highest BCUT2D eigenvalue weighted by atomic mass is 14.7. The lowest BCUT2D eigenvalue weighted by Gasteiger charge is -2.49. The molecular weight excluding hydrogens is 216 g/mol. The smallest absolute Gasteiger partial charge is 0.0232 e. The van der Waals surface area contributed by atoms with Crippen molar-refractivity contribution < 1.29 is 0 Å². The first-order valence-electron chi connectivity index (χ1n) is 8.85. The van der Waals surface area contributed by atoms with E-state index in [2.05, 4.69) is 0 Å². The zero-order valence-corrected chi connectivity index (χ0v) is 11.5. The van der Waals surface area contributed by atoms with Crippen molar-refractivity contribution in [2.45, 2.75) is 57.8 Å². The molecule has 6 bridgehead atoms. The van der Waals surface area contributed by atoms with Crippen LogP contribution in [0.1, 0.15) is 57.8 Å². The van der Waals surface area contributed by atoms with Gasteiger partial charge in [0.1, 0.15) is 0 Å². The summed E-state index contributed by atoms with van der Waals surface area (Å²) in [7, 11) is 0. The average Bonchev–Trinajstić information content (AvgIpc) is 3.17. The SMILES string of the molecule is C1CC2CC1CC21CC2CC1C1C3CCC(C3)C21. The molecule has 0 aliphatic heterocycles. The molecule has 98 valence electrons. The van der Waals surface area contributed by atoms with E-state index in [0.29, 0.717) is 0 Å². The Morgan fingerprint density at radius 1 is 0.667 bits per heavy atom. The maximum absolute atomic E-state index is 1.70. The Kier molecular flexibility index (Phi) is 1.56. The molecule has 6 fully saturated rings. The van der Waals surface area contributed by atoms with Gasteiger partial charge in [-0.3, -0.25) is 0 Å². The van der Waals surface area contributed by atoms with Gasteiger partial charge in [-0.25, -0.2) is 0 Å². The molecule has 18 heavy (non-hydrogen) atoms. The molecule has 0 aromatic carbocycles. The summed E-state index contributed by atoms with van der Waals surface area (Å²) in [4.78, 5) is 0. The molecule has 0 saturated heterocycles. The minimum absolute atomic E-state index is 0.916. The topological polar surface area (TPSA) is 0 Å². The van der Waals surface area contributed by atoms with Gasteiger partial charge in [0, 0.05) is 0 Å². The predicted octanol–water partition coefficient (Wildman–Crippen LogP) is 4.49. The average molecular weight is 242 g/mol. The van der Waals surface area contributed by atoms with E-state index in [0.717, 1.165) is 5.41 Å². The van der Waals surface area contributed by atoms with Gasteiger partial charge in [0.2, 0.25) is 0 Å². The zero-order chi connectivity index (χ0) is 11.5. The summed E-state index contributed by atoms with van der Waals surface area (Å²) in [6.45, 7) is 0. The van der Waals surface area contributed by atoms with Crippen molar-refractivity contribution >= 4 is 0 Å². The van der Waals surface area contributed by atoms with Crippen molar-refractivity contribution in [2.24, 2.45) is 52.8 Å². The summed E-state index contributed by atoms with van der Waals surface area (Å²) >= 11 is 0. The summed E-state index contributed by atoms with van der Waals surface area (Å²) in [5, 5.41) is 0. The molecule has 6 aliphatic rings. The lowest BCUT2D eigenvalue weighted by molar-refractivity contribution is -0.00607. The maximum Gasteiger partial charge on any atom is -0.0232 e. The van der Waals surface area contributed by atoms with Gasteiger partial charge in [0.25, 0.3) is 0 Å². The maximum atomic E-state index is 1.70. The van der Waals surface area contributed by atoms with Crippen molar-refractivity contribution in [2.75, 3.05) is 0 Å². The molecule has 0 aromatic heterocycles. The predicted molar refractivity (Wildman–Crippen MR) is 71.9 cm³/mol. The zero-order valence-electron chi connectivity index (χ0n) is 11.5. The van der Waals surface area contributed by atoms with Crippen LogP contribution in [-0.2, 0) is 0 Å². The van der Waals surface area contributed by atoms with E-state index in [1.54, 1.807) is 57.8 Å². The molecule has 0 heterocycles. The molecule has 0 nitrogen and oxygen atoms in total. The van der Waals surface area contributed by atoms with E-state index < -0.39 is 0 Å². The Hall–Kier alpha value is 0. The Balaban J connectivity index is 1.43. The number of hydrogen-bond acceptors (Lipinski definition) is 0. The Morgan fingerprint density at radius 2 is 1.56 bits per heavy atom. The molecule has 6 aliphatic carbocycles. The molecule has 9 atom stereocenters. The monoisotopic (exact) mass is 242 g/mol. The Bertz CT molecular complexity index is 412. The quantitative estimate of drug-likeness (QED) is 0.549. The molecule has 6 saturated carbocycles. The van der Waals surface area contributed by atoms with E-state index in [4.69, 9.17) is 0 Å². The second-order valence-electron chi connectivity index (χ2n) is 9.11.